The van der Waals surface area contributed by atoms with E-state index in [1.54, 1.807) is 17.0 Å². The average molecular weight is 509 g/mol. The lowest BCUT2D eigenvalue weighted by Gasteiger charge is -2.28. The number of hydrogen-bond donors (Lipinski definition) is 3. The number of carbonyl (C=O) groups is 3. The number of fused-ring (bicyclic) bond motifs is 7. The molecule has 4 bridgehead atoms. The minimum Gasteiger partial charge on any atom is -0.493 e. The highest BCUT2D eigenvalue weighted by Gasteiger charge is 2.45. The highest BCUT2D eigenvalue weighted by atomic mass is 16.5. The molecule has 0 unspecified atom stereocenters. The highest BCUT2D eigenvalue weighted by Crippen LogP contribution is 2.32. The number of nitrogens with zero attached hydrogens (tertiary/aromatic N) is 1. The standard InChI is InChI=1S/C27H32N4O6/c1-35-21-9-6-18-12-22(21)36-16-24(32)29-13-17-4-7-19(8-5-17)37-23-15-31(14-20(23)30-25(18)33)26(34)27(28)10-2-3-11-27/h4-9,12,20,23H,2-3,10-11,13-16,28H2,1H3,(H,29,32)(H,30,33)/t20-,23-/m0/s1. The molecule has 10 nitrogen and oxygen atoms in total. The van der Waals surface area contributed by atoms with E-state index in [4.69, 9.17) is 19.9 Å². The summed E-state index contributed by atoms with van der Waals surface area (Å²) in [5.74, 6) is 0.538. The largest absolute Gasteiger partial charge is 0.493 e. The van der Waals surface area contributed by atoms with Crippen molar-refractivity contribution in [1.82, 2.24) is 15.5 Å². The molecule has 2 aromatic rings. The molecule has 0 aromatic heterocycles. The second-order valence-electron chi connectivity index (χ2n) is 9.88. The fourth-order valence-electron chi connectivity index (χ4n) is 5.17. The van der Waals surface area contributed by atoms with Crippen molar-refractivity contribution in [3.05, 3.63) is 53.6 Å². The average Bonchev–Trinajstić information content (AvgIpc) is 3.52. The molecule has 37 heavy (non-hydrogen) atoms. The van der Waals surface area contributed by atoms with Gasteiger partial charge < -0.3 is 35.5 Å². The molecule has 3 aliphatic heterocycles. The van der Waals surface area contributed by atoms with Gasteiger partial charge in [0.25, 0.3) is 11.8 Å². The number of hydrogen-bond acceptors (Lipinski definition) is 7. The SMILES string of the molecule is COc1ccc2cc1OCC(=O)NCc1ccc(cc1)O[C@H]1CN(C(=O)C3(N)CCCC3)C[C@@H]1NC2=O. The summed E-state index contributed by atoms with van der Waals surface area (Å²) < 4.78 is 17.3. The summed E-state index contributed by atoms with van der Waals surface area (Å²) in [4.78, 5) is 40.6. The Bertz CT molecular complexity index is 1180. The Morgan fingerprint density at radius 1 is 1.11 bits per heavy atom. The van der Waals surface area contributed by atoms with E-state index in [9.17, 15) is 14.4 Å². The van der Waals surface area contributed by atoms with E-state index in [1.807, 2.05) is 24.3 Å². The van der Waals surface area contributed by atoms with Crippen molar-refractivity contribution < 1.29 is 28.6 Å². The van der Waals surface area contributed by atoms with Gasteiger partial charge in [-0.3, -0.25) is 14.4 Å². The Morgan fingerprint density at radius 3 is 2.59 bits per heavy atom. The molecule has 1 saturated carbocycles. The van der Waals surface area contributed by atoms with E-state index >= 15 is 0 Å². The fraction of sp³-hybridized carbons (Fsp3) is 0.444. The highest BCUT2D eigenvalue weighted by molar-refractivity contribution is 5.95. The van der Waals surface area contributed by atoms with Gasteiger partial charge in [-0.15, -0.1) is 0 Å². The monoisotopic (exact) mass is 508 g/mol. The number of nitrogens with two attached hydrogens (primary N) is 1. The van der Waals surface area contributed by atoms with Crippen LogP contribution >= 0.6 is 0 Å². The topological polar surface area (TPSA) is 132 Å². The molecule has 4 aliphatic rings. The zero-order valence-corrected chi connectivity index (χ0v) is 20.8. The minimum absolute atomic E-state index is 0.0938. The third kappa shape index (κ3) is 5.34. The summed E-state index contributed by atoms with van der Waals surface area (Å²) in [6.45, 7) is 0.708. The van der Waals surface area contributed by atoms with Gasteiger partial charge in [-0.2, -0.15) is 0 Å². The predicted octanol–water partition coefficient (Wildman–Crippen LogP) is 1.36. The third-order valence-electron chi connectivity index (χ3n) is 7.28. The van der Waals surface area contributed by atoms with E-state index in [0.717, 1.165) is 18.4 Å². The van der Waals surface area contributed by atoms with E-state index in [0.29, 0.717) is 49.5 Å². The number of nitrogens with one attached hydrogen (secondary N) is 2. The summed E-state index contributed by atoms with van der Waals surface area (Å²) in [5.41, 5.74) is 6.83. The van der Waals surface area contributed by atoms with Crippen LogP contribution in [0.4, 0.5) is 0 Å². The zero-order chi connectivity index (χ0) is 26.0. The molecular formula is C27H32N4O6. The predicted molar refractivity (Wildman–Crippen MR) is 134 cm³/mol. The number of carbonyl (C=O) groups excluding carboxylic acids is 3. The number of likely N-dealkylation sites (tertiary alicyclic amines) is 1. The van der Waals surface area contributed by atoms with Gasteiger partial charge in [-0.25, -0.2) is 0 Å². The zero-order valence-electron chi connectivity index (χ0n) is 20.8. The van der Waals surface area contributed by atoms with Gasteiger partial charge in [0.1, 0.15) is 11.9 Å². The van der Waals surface area contributed by atoms with Crippen LogP contribution in [0.3, 0.4) is 0 Å². The van der Waals surface area contributed by atoms with E-state index in [1.165, 1.54) is 13.2 Å². The number of ether oxygens (including phenoxy) is 3. The van der Waals surface area contributed by atoms with Gasteiger partial charge in [0.05, 0.1) is 25.2 Å². The lowest BCUT2D eigenvalue weighted by Crippen LogP contribution is -2.53. The summed E-state index contributed by atoms with van der Waals surface area (Å²) in [6, 6.07) is 11.7. The molecular weight excluding hydrogens is 476 g/mol. The van der Waals surface area contributed by atoms with Gasteiger partial charge >= 0.3 is 0 Å². The van der Waals surface area contributed by atoms with E-state index < -0.39 is 17.7 Å². The fourth-order valence-corrected chi connectivity index (χ4v) is 5.17. The van der Waals surface area contributed by atoms with E-state index in [-0.39, 0.29) is 30.1 Å². The van der Waals surface area contributed by atoms with Gasteiger partial charge in [-0.1, -0.05) is 25.0 Å². The maximum atomic E-state index is 13.3. The first-order chi connectivity index (χ1) is 17.8. The first-order valence-electron chi connectivity index (χ1n) is 12.6. The molecule has 0 spiro atoms. The van der Waals surface area contributed by atoms with Crippen LogP contribution in [-0.2, 0) is 16.1 Å². The second kappa shape index (κ2) is 10.3. The Labute approximate surface area is 215 Å². The van der Waals surface area contributed by atoms with Gasteiger partial charge in [0.15, 0.2) is 18.1 Å². The lowest BCUT2D eigenvalue weighted by molar-refractivity contribution is -0.136. The van der Waals surface area contributed by atoms with Crippen LogP contribution in [0.25, 0.3) is 0 Å². The van der Waals surface area contributed by atoms with Crippen LogP contribution in [0.5, 0.6) is 17.2 Å². The van der Waals surface area contributed by atoms with Crippen molar-refractivity contribution in [2.75, 3.05) is 26.8 Å². The minimum atomic E-state index is -0.856. The number of benzene rings is 2. The van der Waals surface area contributed by atoms with Crippen LogP contribution in [-0.4, -0.2) is 67.1 Å². The third-order valence-corrected chi connectivity index (χ3v) is 7.28. The summed E-state index contributed by atoms with van der Waals surface area (Å²) in [6.07, 6.45) is 2.73. The Morgan fingerprint density at radius 2 is 1.86 bits per heavy atom. The molecule has 4 N–H and O–H groups in total. The van der Waals surface area contributed by atoms with Gasteiger partial charge in [-0.05, 0) is 48.7 Å². The van der Waals surface area contributed by atoms with E-state index in [2.05, 4.69) is 10.6 Å². The number of methoxy groups -OCH3 is 1. The maximum absolute atomic E-state index is 13.3. The normalized spacial score (nSPS) is 23.2. The molecule has 196 valence electrons. The summed E-state index contributed by atoms with van der Waals surface area (Å²) >= 11 is 0. The summed E-state index contributed by atoms with van der Waals surface area (Å²) in [7, 11) is 1.49. The van der Waals surface area contributed by atoms with Crippen molar-refractivity contribution in [2.24, 2.45) is 5.73 Å². The Balaban J connectivity index is 1.44. The number of amides is 3. The van der Waals surface area contributed by atoms with Crippen LogP contribution in [0, 0.1) is 0 Å². The lowest BCUT2D eigenvalue weighted by atomic mass is 9.97. The Hall–Kier alpha value is -3.79. The molecule has 2 aromatic carbocycles. The van der Waals surface area contributed by atoms with Crippen molar-refractivity contribution >= 4 is 17.7 Å². The molecule has 0 radical (unpaired) electrons. The molecule has 1 aliphatic carbocycles. The Kier molecular flexibility index (Phi) is 6.92. The van der Waals surface area contributed by atoms with Gasteiger partial charge in [0.2, 0.25) is 5.91 Å². The molecule has 3 amide bonds. The molecule has 10 heteroatoms. The molecule has 3 heterocycles. The molecule has 2 atom stereocenters. The van der Waals surface area contributed by atoms with Crippen LogP contribution < -0.4 is 30.6 Å². The molecule has 6 rings (SSSR count). The molecule has 2 fully saturated rings. The van der Waals surface area contributed by atoms with Crippen LogP contribution in [0.2, 0.25) is 0 Å². The summed E-state index contributed by atoms with van der Waals surface area (Å²) in [5, 5.41) is 5.84. The second-order valence-corrected chi connectivity index (χ2v) is 9.88. The van der Waals surface area contributed by atoms with Crippen molar-refractivity contribution in [3.63, 3.8) is 0 Å². The first kappa shape index (κ1) is 24.9. The van der Waals surface area contributed by atoms with Gasteiger partial charge in [0, 0.05) is 18.7 Å². The van der Waals surface area contributed by atoms with Crippen LogP contribution in [0.1, 0.15) is 41.6 Å². The van der Waals surface area contributed by atoms with Crippen molar-refractivity contribution in [1.29, 1.82) is 0 Å². The van der Waals surface area contributed by atoms with Crippen LogP contribution in [0.15, 0.2) is 42.5 Å². The maximum Gasteiger partial charge on any atom is 0.258 e. The van der Waals surface area contributed by atoms with Crippen molar-refractivity contribution in [3.8, 4) is 17.2 Å². The molecule has 1 saturated heterocycles. The van der Waals surface area contributed by atoms with Crippen molar-refractivity contribution in [2.45, 2.75) is 49.9 Å². The quantitative estimate of drug-likeness (QED) is 0.558. The number of rotatable bonds is 2. The first-order valence-corrected chi connectivity index (χ1v) is 12.6. The smallest absolute Gasteiger partial charge is 0.258 e.